The van der Waals surface area contributed by atoms with Gasteiger partial charge in [0.05, 0.1) is 30.8 Å². The van der Waals surface area contributed by atoms with Gasteiger partial charge >= 0.3 is 0 Å². The van der Waals surface area contributed by atoms with E-state index in [9.17, 15) is 9.90 Å². The second kappa shape index (κ2) is 11.3. The molecule has 0 saturated carbocycles. The topological polar surface area (TPSA) is 96.5 Å². The zero-order valence-electron chi connectivity index (χ0n) is 23.0. The monoisotopic (exact) mass is 557 g/mol. The van der Waals surface area contributed by atoms with E-state index in [0.717, 1.165) is 28.6 Å². The standard InChI is InChI=1S/C35H31N3O4/c39-20-22-12-14-23(15-13-22)21-41-34-18-25(27-8-5-9-28-26-7-2-1-6-24(26)16-29(27)28)17-32(42-34)35(40)36-19-33-37-30-10-3-4-11-31(30)38-33/h1-15,17,25,34,39H,16,18-21H2,(H,36,40)(H,37,38)/t25-,34+/m1/s1. The molecule has 210 valence electrons. The number of carbonyl (C=O) groups is 1. The van der Waals surface area contributed by atoms with Gasteiger partial charge < -0.3 is 24.9 Å². The first kappa shape index (κ1) is 26.2. The lowest BCUT2D eigenvalue weighted by Crippen LogP contribution is -2.33. The number of fused-ring (bicyclic) bond motifs is 4. The van der Waals surface area contributed by atoms with E-state index >= 15 is 0 Å². The minimum absolute atomic E-state index is 0.00286. The number of aliphatic hydroxyl groups is 1. The maximum absolute atomic E-state index is 13.4. The number of hydrogen-bond acceptors (Lipinski definition) is 5. The van der Waals surface area contributed by atoms with Gasteiger partial charge in [-0.1, -0.05) is 78.9 Å². The van der Waals surface area contributed by atoms with Crippen LogP contribution in [-0.2, 0) is 40.4 Å². The molecule has 0 bridgehead atoms. The summed E-state index contributed by atoms with van der Waals surface area (Å²) in [4.78, 5) is 21.3. The van der Waals surface area contributed by atoms with Gasteiger partial charge in [0.25, 0.3) is 5.91 Å². The number of para-hydroxylation sites is 2. The predicted molar refractivity (Wildman–Crippen MR) is 160 cm³/mol. The van der Waals surface area contributed by atoms with Crippen LogP contribution in [0.1, 0.15) is 46.0 Å². The molecule has 2 atom stereocenters. The highest BCUT2D eigenvalue weighted by molar-refractivity contribution is 5.91. The summed E-state index contributed by atoms with van der Waals surface area (Å²) in [5, 5.41) is 12.3. The fraction of sp³-hybridized carbons (Fsp3) is 0.200. The second-order valence-corrected chi connectivity index (χ2v) is 10.8. The molecule has 3 N–H and O–H groups in total. The highest BCUT2D eigenvalue weighted by Gasteiger charge is 2.32. The number of rotatable bonds is 8. The number of imidazole rings is 1. The van der Waals surface area contributed by atoms with Crippen LogP contribution in [0.15, 0.2) is 103 Å². The zero-order chi connectivity index (χ0) is 28.5. The van der Waals surface area contributed by atoms with Crippen molar-refractivity contribution in [3.8, 4) is 11.1 Å². The quantitative estimate of drug-likeness (QED) is 0.217. The molecule has 0 spiro atoms. The smallest absolute Gasteiger partial charge is 0.286 e. The molecule has 0 radical (unpaired) electrons. The number of nitrogens with one attached hydrogen (secondary N) is 2. The Hall–Kier alpha value is -4.72. The highest BCUT2D eigenvalue weighted by Crippen LogP contribution is 2.43. The molecule has 4 aromatic carbocycles. The Balaban J connectivity index is 1.14. The van der Waals surface area contributed by atoms with Crippen LogP contribution in [0.5, 0.6) is 0 Å². The third-order valence-corrected chi connectivity index (χ3v) is 8.06. The Bertz CT molecular complexity index is 1760. The minimum Gasteiger partial charge on any atom is -0.459 e. The summed E-state index contributed by atoms with van der Waals surface area (Å²) in [7, 11) is 0. The minimum atomic E-state index is -0.607. The summed E-state index contributed by atoms with van der Waals surface area (Å²) in [6.07, 6.45) is 2.78. The van der Waals surface area contributed by atoms with Crippen molar-refractivity contribution in [2.24, 2.45) is 0 Å². The predicted octanol–water partition coefficient (Wildman–Crippen LogP) is 5.87. The summed E-state index contributed by atoms with van der Waals surface area (Å²) in [6.45, 7) is 0.573. The molecular formula is C35H31N3O4. The highest BCUT2D eigenvalue weighted by atomic mass is 16.7. The molecule has 7 rings (SSSR count). The third-order valence-electron chi connectivity index (χ3n) is 8.06. The number of nitrogens with zero attached hydrogens (tertiary/aromatic N) is 1. The Morgan fingerprint density at radius 3 is 2.60 bits per heavy atom. The summed E-state index contributed by atoms with van der Waals surface area (Å²) in [6, 6.07) is 30.4. The number of amides is 1. The Labute approximate surface area is 243 Å². The number of allylic oxidation sites excluding steroid dienone is 1. The van der Waals surface area contributed by atoms with Crippen LogP contribution >= 0.6 is 0 Å². The molecule has 5 aromatic rings. The van der Waals surface area contributed by atoms with Gasteiger partial charge in [-0.05, 0) is 63.6 Å². The van der Waals surface area contributed by atoms with Gasteiger partial charge in [0.2, 0.25) is 6.29 Å². The number of aromatic nitrogens is 2. The van der Waals surface area contributed by atoms with Crippen molar-refractivity contribution in [2.45, 2.75) is 44.8 Å². The first-order valence-electron chi connectivity index (χ1n) is 14.3. The summed E-state index contributed by atoms with van der Waals surface area (Å²) in [5.41, 5.74) is 9.92. The fourth-order valence-electron chi connectivity index (χ4n) is 5.94. The van der Waals surface area contributed by atoms with Crippen LogP contribution in [0.3, 0.4) is 0 Å². The van der Waals surface area contributed by atoms with Crippen LogP contribution < -0.4 is 5.32 Å². The largest absolute Gasteiger partial charge is 0.459 e. The molecule has 0 fully saturated rings. The third kappa shape index (κ3) is 5.20. The number of benzene rings is 4. The van der Waals surface area contributed by atoms with Gasteiger partial charge in [-0.15, -0.1) is 0 Å². The van der Waals surface area contributed by atoms with Crippen LogP contribution in [0.25, 0.3) is 22.2 Å². The van der Waals surface area contributed by atoms with Crippen molar-refractivity contribution in [3.05, 3.63) is 136 Å². The van der Waals surface area contributed by atoms with Crippen molar-refractivity contribution in [2.75, 3.05) is 0 Å². The molecule has 1 aliphatic heterocycles. The second-order valence-electron chi connectivity index (χ2n) is 10.8. The molecule has 1 amide bonds. The van der Waals surface area contributed by atoms with Crippen molar-refractivity contribution in [1.29, 1.82) is 0 Å². The van der Waals surface area contributed by atoms with Gasteiger partial charge in [-0.2, -0.15) is 0 Å². The van der Waals surface area contributed by atoms with Crippen LogP contribution in [0.4, 0.5) is 0 Å². The van der Waals surface area contributed by atoms with Gasteiger partial charge in [0, 0.05) is 12.3 Å². The van der Waals surface area contributed by atoms with Crippen molar-refractivity contribution in [3.63, 3.8) is 0 Å². The first-order chi connectivity index (χ1) is 20.6. The lowest BCUT2D eigenvalue weighted by Gasteiger charge is -2.30. The van der Waals surface area contributed by atoms with E-state index in [1.165, 1.54) is 27.8 Å². The van der Waals surface area contributed by atoms with Crippen molar-refractivity contribution in [1.82, 2.24) is 15.3 Å². The van der Waals surface area contributed by atoms with E-state index in [0.29, 0.717) is 18.9 Å². The fourth-order valence-corrected chi connectivity index (χ4v) is 5.94. The van der Waals surface area contributed by atoms with E-state index in [-0.39, 0.29) is 30.7 Å². The average Bonchev–Trinajstić information content (AvgIpc) is 3.64. The van der Waals surface area contributed by atoms with Crippen molar-refractivity contribution >= 4 is 16.9 Å². The Kier molecular flexibility index (Phi) is 7.03. The summed E-state index contributed by atoms with van der Waals surface area (Å²) >= 11 is 0. The molecule has 2 heterocycles. The number of hydrogen-bond donors (Lipinski definition) is 3. The molecular weight excluding hydrogens is 526 g/mol. The SMILES string of the molecule is O=C(NCc1nc2ccccc2[nH]1)C1=C[C@@H](c2cccc3c2Cc2ccccc2-3)C[C@@H](OCc2ccc(CO)cc2)O1. The summed E-state index contributed by atoms with van der Waals surface area (Å²) in [5.74, 6) is 0.556. The maximum atomic E-state index is 13.4. The number of ether oxygens (including phenoxy) is 2. The van der Waals surface area contributed by atoms with Gasteiger partial charge in [-0.3, -0.25) is 4.79 Å². The van der Waals surface area contributed by atoms with Gasteiger partial charge in [-0.25, -0.2) is 4.98 Å². The normalized spacial score (nSPS) is 17.3. The number of aliphatic hydroxyl groups excluding tert-OH is 1. The zero-order valence-corrected chi connectivity index (χ0v) is 23.0. The average molecular weight is 558 g/mol. The van der Waals surface area contributed by atoms with E-state index in [4.69, 9.17) is 9.47 Å². The lowest BCUT2D eigenvalue weighted by atomic mass is 9.87. The van der Waals surface area contributed by atoms with Crippen LogP contribution in [0, 0.1) is 0 Å². The van der Waals surface area contributed by atoms with E-state index in [2.05, 4.69) is 57.7 Å². The molecule has 0 saturated heterocycles. The van der Waals surface area contributed by atoms with E-state index in [1.807, 2.05) is 54.6 Å². The molecule has 0 unspecified atom stereocenters. The number of carbonyl (C=O) groups excluding carboxylic acids is 1. The molecule has 1 aromatic heterocycles. The van der Waals surface area contributed by atoms with Crippen LogP contribution in [0.2, 0.25) is 0 Å². The van der Waals surface area contributed by atoms with Crippen LogP contribution in [-0.4, -0.2) is 27.3 Å². The molecule has 42 heavy (non-hydrogen) atoms. The van der Waals surface area contributed by atoms with E-state index in [1.54, 1.807) is 0 Å². The number of H-pyrrole nitrogens is 1. The van der Waals surface area contributed by atoms with Crippen molar-refractivity contribution < 1.29 is 19.4 Å². The van der Waals surface area contributed by atoms with Gasteiger partial charge in [0.15, 0.2) is 5.76 Å². The molecule has 7 heteroatoms. The Morgan fingerprint density at radius 2 is 1.74 bits per heavy atom. The molecule has 7 nitrogen and oxygen atoms in total. The van der Waals surface area contributed by atoms with E-state index < -0.39 is 6.29 Å². The summed E-state index contributed by atoms with van der Waals surface area (Å²) < 4.78 is 12.4. The Morgan fingerprint density at radius 1 is 0.952 bits per heavy atom. The molecule has 2 aliphatic rings. The number of aromatic amines is 1. The molecule has 1 aliphatic carbocycles. The lowest BCUT2D eigenvalue weighted by molar-refractivity contribution is -0.150. The maximum Gasteiger partial charge on any atom is 0.286 e. The first-order valence-corrected chi connectivity index (χ1v) is 14.3. The van der Waals surface area contributed by atoms with Gasteiger partial charge in [0.1, 0.15) is 5.82 Å².